The summed E-state index contributed by atoms with van der Waals surface area (Å²) in [5.74, 6) is -2.20. The molecule has 0 atom stereocenters. The molecule has 104 valence electrons. The minimum atomic E-state index is -1.36. The molecule has 0 fully saturated rings. The number of carboxylic acid groups (broad SMARTS) is 1. The van der Waals surface area contributed by atoms with Gasteiger partial charge in [0.15, 0.2) is 0 Å². The van der Waals surface area contributed by atoms with E-state index in [1.807, 2.05) is 6.92 Å². The second kappa shape index (κ2) is 5.52. The number of hydrogen-bond donors (Lipinski definition) is 3. The van der Waals surface area contributed by atoms with Crippen LogP contribution in [0.2, 0.25) is 0 Å². The van der Waals surface area contributed by atoms with Gasteiger partial charge in [-0.2, -0.15) is 0 Å². The molecule has 0 aliphatic rings. The van der Waals surface area contributed by atoms with Gasteiger partial charge < -0.3 is 16.2 Å². The highest BCUT2D eigenvalue weighted by Crippen LogP contribution is 2.23. The van der Waals surface area contributed by atoms with E-state index in [-0.39, 0.29) is 5.69 Å². The van der Waals surface area contributed by atoms with Gasteiger partial charge in [-0.05, 0) is 19.1 Å². The van der Waals surface area contributed by atoms with Crippen molar-refractivity contribution in [3.05, 3.63) is 47.3 Å². The van der Waals surface area contributed by atoms with Crippen molar-refractivity contribution in [1.82, 2.24) is 9.97 Å². The number of aryl methyl sites for hydroxylation is 1. The molecule has 20 heavy (non-hydrogen) atoms. The van der Waals surface area contributed by atoms with Gasteiger partial charge in [-0.1, -0.05) is 0 Å². The molecule has 1 heterocycles. The van der Waals surface area contributed by atoms with Gasteiger partial charge in [0.2, 0.25) is 0 Å². The molecule has 1 aromatic carbocycles. The van der Waals surface area contributed by atoms with Gasteiger partial charge in [0.1, 0.15) is 5.82 Å². The summed E-state index contributed by atoms with van der Waals surface area (Å²) < 4.78 is 13.6. The first-order chi connectivity index (χ1) is 9.47. The van der Waals surface area contributed by atoms with Crippen molar-refractivity contribution >= 4 is 17.3 Å². The summed E-state index contributed by atoms with van der Waals surface area (Å²) in [6, 6.07) is 2.14. The zero-order valence-electron chi connectivity index (χ0n) is 10.7. The van der Waals surface area contributed by atoms with E-state index in [1.165, 1.54) is 0 Å². The van der Waals surface area contributed by atoms with Gasteiger partial charge in [-0.25, -0.2) is 9.18 Å². The fourth-order valence-corrected chi connectivity index (χ4v) is 1.60. The third kappa shape index (κ3) is 3.00. The molecule has 0 amide bonds. The fourth-order valence-electron chi connectivity index (χ4n) is 1.60. The summed E-state index contributed by atoms with van der Waals surface area (Å²) in [5.41, 5.74) is 7.16. The van der Waals surface area contributed by atoms with Crippen LogP contribution in [0.5, 0.6) is 0 Å². The number of benzene rings is 1. The van der Waals surface area contributed by atoms with Crippen molar-refractivity contribution in [3.8, 4) is 0 Å². The standard InChI is InChI=1S/C13H13FN4O2/c1-7-4-17-8(5-16-7)6-18-12-3-10(14)9(13(19)20)2-11(12)15/h2-5,18H,6,15H2,1H3,(H,19,20). The second-order valence-electron chi connectivity index (χ2n) is 4.23. The largest absolute Gasteiger partial charge is 0.478 e. The first-order valence-electron chi connectivity index (χ1n) is 5.81. The third-order valence-electron chi connectivity index (χ3n) is 2.66. The molecule has 7 heteroatoms. The molecule has 0 spiro atoms. The van der Waals surface area contributed by atoms with Crippen molar-refractivity contribution in [2.75, 3.05) is 11.1 Å². The van der Waals surface area contributed by atoms with Crippen LogP contribution in [-0.4, -0.2) is 21.0 Å². The van der Waals surface area contributed by atoms with Crippen LogP contribution in [0, 0.1) is 12.7 Å². The topological polar surface area (TPSA) is 101 Å². The summed E-state index contributed by atoms with van der Waals surface area (Å²) in [6.45, 7) is 2.13. The Bertz CT molecular complexity index is 644. The number of nitrogens with zero attached hydrogens (tertiary/aromatic N) is 2. The smallest absolute Gasteiger partial charge is 0.338 e. The summed E-state index contributed by atoms with van der Waals surface area (Å²) >= 11 is 0. The Morgan fingerprint density at radius 2 is 2.15 bits per heavy atom. The molecule has 6 nitrogen and oxygen atoms in total. The number of nitrogens with two attached hydrogens (primary N) is 1. The molecule has 4 N–H and O–H groups in total. The van der Waals surface area contributed by atoms with Crippen molar-refractivity contribution in [1.29, 1.82) is 0 Å². The molecule has 0 aliphatic heterocycles. The molecule has 0 unspecified atom stereocenters. The average Bonchev–Trinajstić information content (AvgIpc) is 2.41. The van der Waals surface area contributed by atoms with Gasteiger partial charge in [0.25, 0.3) is 0 Å². The normalized spacial score (nSPS) is 10.3. The minimum absolute atomic E-state index is 0.156. The molecule has 2 aromatic rings. The molecular weight excluding hydrogens is 263 g/mol. The molecule has 0 radical (unpaired) electrons. The monoisotopic (exact) mass is 276 g/mol. The molecular formula is C13H13FN4O2. The molecule has 2 rings (SSSR count). The lowest BCUT2D eigenvalue weighted by molar-refractivity contribution is 0.0692. The van der Waals surface area contributed by atoms with E-state index in [1.54, 1.807) is 12.4 Å². The maximum atomic E-state index is 13.6. The maximum Gasteiger partial charge on any atom is 0.338 e. The number of aromatic carboxylic acids is 1. The van der Waals surface area contributed by atoms with Crippen LogP contribution in [0.3, 0.4) is 0 Å². The van der Waals surface area contributed by atoms with Crippen LogP contribution in [0.15, 0.2) is 24.5 Å². The number of carboxylic acids is 1. The number of rotatable bonds is 4. The van der Waals surface area contributed by atoms with Crippen molar-refractivity contribution in [2.24, 2.45) is 0 Å². The summed E-state index contributed by atoms with van der Waals surface area (Å²) in [5, 5.41) is 11.7. The van der Waals surface area contributed by atoms with E-state index in [9.17, 15) is 9.18 Å². The zero-order valence-corrected chi connectivity index (χ0v) is 10.7. The lowest BCUT2D eigenvalue weighted by Crippen LogP contribution is -2.08. The Morgan fingerprint density at radius 3 is 2.75 bits per heavy atom. The number of carbonyl (C=O) groups is 1. The summed E-state index contributed by atoms with van der Waals surface area (Å²) in [4.78, 5) is 19.0. The van der Waals surface area contributed by atoms with E-state index >= 15 is 0 Å². The van der Waals surface area contributed by atoms with Crippen molar-refractivity contribution in [3.63, 3.8) is 0 Å². The van der Waals surface area contributed by atoms with Crippen molar-refractivity contribution < 1.29 is 14.3 Å². The number of hydrogen-bond acceptors (Lipinski definition) is 5. The second-order valence-corrected chi connectivity index (χ2v) is 4.23. The number of halogens is 1. The zero-order chi connectivity index (χ0) is 14.7. The first kappa shape index (κ1) is 13.7. The number of anilines is 2. The predicted octanol–water partition coefficient (Wildman–Crippen LogP) is 1.82. The highest BCUT2D eigenvalue weighted by molar-refractivity contribution is 5.90. The molecule has 0 aliphatic carbocycles. The van der Waals surface area contributed by atoms with Gasteiger partial charge in [0, 0.05) is 6.20 Å². The average molecular weight is 276 g/mol. The maximum absolute atomic E-state index is 13.6. The Hall–Kier alpha value is -2.70. The van der Waals surface area contributed by atoms with Crippen molar-refractivity contribution in [2.45, 2.75) is 13.5 Å². The Balaban J connectivity index is 2.16. The SMILES string of the molecule is Cc1cnc(CNc2cc(F)c(C(=O)O)cc2N)cn1. The van der Waals surface area contributed by atoms with E-state index in [2.05, 4.69) is 15.3 Å². The van der Waals surface area contributed by atoms with Crippen LogP contribution < -0.4 is 11.1 Å². The molecule has 1 aromatic heterocycles. The predicted molar refractivity (Wildman–Crippen MR) is 71.9 cm³/mol. The van der Waals surface area contributed by atoms with E-state index in [0.717, 1.165) is 17.8 Å². The van der Waals surface area contributed by atoms with Gasteiger partial charge in [-0.15, -0.1) is 0 Å². The first-order valence-corrected chi connectivity index (χ1v) is 5.81. The lowest BCUT2D eigenvalue weighted by Gasteiger charge is -2.10. The highest BCUT2D eigenvalue weighted by Gasteiger charge is 2.13. The lowest BCUT2D eigenvalue weighted by atomic mass is 10.1. The minimum Gasteiger partial charge on any atom is -0.478 e. The van der Waals surface area contributed by atoms with Crippen LogP contribution in [0.4, 0.5) is 15.8 Å². The molecule has 0 saturated heterocycles. The van der Waals surface area contributed by atoms with Crippen LogP contribution in [0.25, 0.3) is 0 Å². The number of nitrogens with one attached hydrogen (secondary N) is 1. The van der Waals surface area contributed by atoms with Crippen LogP contribution in [0.1, 0.15) is 21.7 Å². The third-order valence-corrected chi connectivity index (χ3v) is 2.66. The molecule has 0 saturated carbocycles. The van der Waals surface area contributed by atoms with Gasteiger partial charge in [-0.3, -0.25) is 9.97 Å². The summed E-state index contributed by atoms with van der Waals surface area (Å²) in [7, 11) is 0. The van der Waals surface area contributed by atoms with E-state index in [4.69, 9.17) is 10.8 Å². The number of aromatic nitrogens is 2. The van der Waals surface area contributed by atoms with Gasteiger partial charge >= 0.3 is 5.97 Å². The highest BCUT2D eigenvalue weighted by atomic mass is 19.1. The Morgan fingerprint density at radius 1 is 1.40 bits per heavy atom. The quantitative estimate of drug-likeness (QED) is 0.736. The number of nitrogen functional groups attached to an aromatic ring is 1. The van der Waals surface area contributed by atoms with Crippen LogP contribution in [-0.2, 0) is 6.54 Å². The van der Waals surface area contributed by atoms with Crippen LogP contribution >= 0.6 is 0 Å². The van der Waals surface area contributed by atoms with E-state index < -0.39 is 17.3 Å². The fraction of sp³-hybridized carbons (Fsp3) is 0.154. The van der Waals surface area contributed by atoms with Gasteiger partial charge in [0.05, 0.1) is 41.1 Å². The summed E-state index contributed by atoms with van der Waals surface area (Å²) in [6.07, 6.45) is 3.22. The molecule has 0 bridgehead atoms. The Labute approximate surface area is 114 Å². The Kier molecular flexibility index (Phi) is 3.79. The van der Waals surface area contributed by atoms with E-state index in [0.29, 0.717) is 17.9 Å².